The summed E-state index contributed by atoms with van der Waals surface area (Å²) in [4.78, 5) is 3.91. The largest absolute Gasteiger partial charge is 0.382 e. The minimum Gasteiger partial charge on any atom is -0.382 e. The normalized spacial score (nSPS) is 10.6. The Morgan fingerprint density at radius 2 is 2.36 bits per heavy atom. The second-order valence-corrected chi connectivity index (χ2v) is 3.21. The molecule has 0 unspecified atom stereocenters. The van der Waals surface area contributed by atoms with Crippen molar-refractivity contribution < 1.29 is 0 Å². The van der Waals surface area contributed by atoms with E-state index in [1.165, 1.54) is 0 Å². The summed E-state index contributed by atoms with van der Waals surface area (Å²) in [6, 6.07) is 1.89. The quantitative estimate of drug-likeness (QED) is 0.698. The number of hydrogen-bond donors (Lipinski definition) is 2. The zero-order chi connectivity index (χ0) is 7.84. The fourth-order valence-corrected chi connectivity index (χ4v) is 1.49. The van der Waals surface area contributed by atoms with E-state index in [9.17, 15) is 0 Å². The van der Waals surface area contributed by atoms with Crippen LogP contribution in [0.3, 0.4) is 0 Å². The number of nitrogen functional groups attached to an aromatic ring is 1. The summed E-state index contributed by atoms with van der Waals surface area (Å²) in [6.07, 6.45) is 1.68. The number of nitrogens with zero attached hydrogens (tertiary/aromatic N) is 2. The Hall–Kier alpha value is -0.850. The van der Waals surface area contributed by atoms with E-state index in [0.717, 1.165) is 14.6 Å². The summed E-state index contributed by atoms with van der Waals surface area (Å²) < 4.78 is 0.992. The van der Waals surface area contributed by atoms with Crippen LogP contribution in [0, 0.1) is 3.70 Å². The monoisotopic (exact) mass is 260 g/mol. The van der Waals surface area contributed by atoms with Crippen molar-refractivity contribution in [2.75, 3.05) is 5.73 Å². The standard InChI is InChI=1S/C6H5IN4/c7-5-3-1-2-9-6(8)4(3)10-11-5/h1-2H,(H2,8,9)(H,10,11). The SMILES string of the molecule is Nc1nccc2c(I)[nH]nc12. The van der Waals surface area contributed by atoms with Crippen LogP contribution in [-0.4, -0.2) is 15.2 Å². The minimum atomic E-state index is 0.474. The number of anilines is 1. The van der Waals surface area contributed by atoms with Gasteiger partial charge in [0.1, 0.15) is 9.22 Å². The van der Waals surface area contributed by atoms with E-state index in [2.05, 4.69) is 37.8 Å². The Balaban J connectivity index is 2.94. The van der Waals surface area contributed by atoms with Gasteiger partial charge in [-0.25, -0.2) is 4.98 Å². The number of nitrogens with two attached hydrogens (primary N) is 1. The molecule has 4 nitrogen and oxygen atoms in total. The number of aromatic nitrogens is 3. The van der Waals surface area contributed by atoms with Crippen molar-refractivity contribution in [3.63, 3.8) is 0 Å². The highest BCUT2D eigenvalue weighted by Crippen LogP contribution is 2.19. The predicted molar refractivity (Wildman–Crippen MR) is 51.0 cm³/mol. The number of nitrogens with one attached hydrogen (secondary N) is 1. The summed E-state index contributed by atoms with van der Waals surface area (Å²) in [7, 11) is 0. The average molecular weight is 260 g/mol. The van der Waals surface area contributed by atoms with Gasteiger partial charge in [-0.1, -0.05) is 0 Å². The van der Waals surface area contributed by atoms with E-state index in [4.69, 9.17) is 5.73 Å². The summed E-state index contributed by atoms with van der Waals surface area (Å²) in [5.41, 5.74) is 6.32. The maximum absolute atomic E-state index is 5.57. The van der Waals surface area contributed by atoms with E-state index in [0.29, 0.717) is 5.82 Å². The highest BCUT2D eigenvalue weighted by Gasteiger charge is 2.04. The molecule has 2 rings (SSSR count). The molecule has 2 heterocycles. The topological polar surface area (TPSA) is 67.6 Å². The van der Waals surface area contributed by atoms with Gasteiger partial charge in [0.25, 0.3) is 0 Å². The average Bonchev–Trinajstić information content (AvgIpc) is 2.35. The maximum Gasteiger partial charge on any atom is 0.151 e. The molecule has 0 bridgehead atoms. The van der Waals surface area contributed by atoms with Crippen LogP contribution in [0.2, 0.25) is 0 Å². The molecule has 0 aliphatic rings. The summed E-state index contributed by atoms with van der Waals surface area (Å²) in [5.74, 6) is 0.474. The summed E-state index contributed by atoms with van der Waals surface area (Å²) >= 11 is 2.17. The molecule has 3 N–H and O–H groups in total. The highest BCUT2D eigenvalue weighted by molar-refractivity contribution is 14.1. The summed E-state index contributed by atoms with van der Waals surface area (Å²) in [5, 5.41) is 7.86. The van der Waals surface area contributed by atoms with Crippen LogP contribution in [0.25, 0.3) is 10.9 Å². The number of aromatic amines is 1. The molecular formula is C6H5IN4. The second kappa shape index (κ2) is 2.33. The number of hydrogen-bond acceptors (Lipinski definition) is 3. The first-order valence-corrected chi connectivity index (χ1v) is 4.11. The van der Waals surface area contributed by atoms with Gasteiger partial charge in [0, 0.05) is 11.6 Å². The van der Waals surface area contributed by atoms with Gasteiger partial charge >= 0.3 is 0 Å². The zero-order valence-electron chi connectivity index (χ0n) is 5.50. The van der Waals surface area contributed by atoms with Crippen LogP contribution in [0.5, 0.6) is 0 Å². The predicted octanol–water partition coefficient (Wildman–Crippen LogP) is 1.14. The molecule has 0 spiro atoms. The van der Waals surface area contributed by atoms with Crippen molar-refractivity contribution in [1.29, 1.82) is 0 Å². The highest BCUT2D eigenvalue weighted by atomic mass is 127. The van der Waals surface area contributed by atoms with E-state index in [1.54, 1.807) is 6.20 Å². The molecule has 2 aromatic heterocycles. The molecule has 0 fully saturated rings. The Morgan fingerprint density at radius 3 is 3.09 bits per heavy atom. The number of pyridine rings is 1. The van der Waals surface area contributed by atoms with Gasteiger partial charge in [0.05, 0.1) is 0 Å². The minimum absolute atomic E-state index is 0.474. The Morgan fingerprint density at radius 1 is 1.55 bits per heavy atom. The molecule has 0 radical (unpaired) electrons. The fourth-order valence-electron chi connectivity index (χ4n) is 0.930. The van der Waals surface area contributed by atoms with Crippen LogP contribution in [0.15, 0.2) is 12.3 Å². The first-order valence-electron chi connectivity index (χ1n) is 3.03. The van der Waals surface area contributed by atoms with E-state index < -0.39 is 0 Å². The molecule has 0 aromatic carbocycles. The van der Waals surface area contributed by atoms with Crippen LogP contribution in [0.1, 0.15) is 0 Å². The van der Waals surface area contributed by atoms with Gasteiger partial charge < -0.3 is 5.73 Å². The maximum atomic E-state index is 5.57. The number of halogens is 1. The van der Waals surface area contributed by atoms with Crippen molar-refractivity contribution in [3.8, 4) is 0 Å². The van der Waals surface area contributed by atoms with Gasteiger partial charge in [-0.2, -0.15) is 5.10 Å². The molecule has 0 amide bonds. The molecule has 11 heavy (non-hydrogen) atoms. The molecule has 2 aromatic rings. The summed E-state index contributed by atoms with van der Waals surface area (Å²) in [6.45, 7) is 0. The third-order valence-corrected chi connectivity index (χ3v) is 2.28. The van der Waals surface area contributed by atoms with Gasteiger partial charge in [-0.3, -0.25) is 5.10 Å². The Labute approximate surface area is 76.3 Å². The Kier molecular flexibility index (Phi) is 1.45. The van der Waals surface area contributed by atoms with Gasteiger partial charge in [-0.15, -0.1) is 0 Å². The van der Waals surface area contributed by atoms with Gasteiger partial charge in [-0.05, 0) is 28.7 Å². The van der Waals surface area contributed by atoms with Gasteiger partial charge in [0.2, 0.25) is 0 Å². The molecule has 56 valence electrons. The van der Waals surface area contributed by atoms with Crippen molar-refractivity contribution in [2.24, 2.45) is 0 Å². The van der Waals surface area contributed by atoms with E-state index >= 15 is 0 Å². The van der Waals surface area contributed by atoms with E-state index in [-0.39, 0.29) is 0 Å². The van der Waals surface area contributed by atoms with E-state index in [1.807, 2.05) is 6.07 Å². The smallest absolute Gasteiger partial charge is 0.151 e. The zero-order valence-corrected chi connectivity index (χ0v) is 7.66. The number of fused-ring (bicyclic) bond motifs is 1. The third kappa shape index (κ3) is 0.953. The molecule has 0 aliphatic carbocycles. The first kappa shape index (κ1) is 6.84. The van der Waals surface area contributed by atoms with Crippen molar-refractivity contribution >= 4 is 39.3 Å². The van der Waals surface area contributed by atoms with Crippen molar-refractivity contribution in [2.45, 2.75) is 0 Å². The molecule has 0 aliphatic heterocycles. The lowest BCUT2D eigenvalue weighted by Crippen LogP contribution is -1.89. The van der Waals surface area contributed by atoms with Crippen LogP contribution < -0.4 is 5.73 Å². The van der Waals surface area contributed by atoms with Crippen molar-refractivity contribution in [1.82, 2.24) is 15.2 Å². The first-order chi connectivity index (χ1) is 5.29. The Bertz CT molecular complexity index is 394. The molecule has 5 heteroatoms. The second-order valence-electron chi connectivity index (χ2n) is 2.13. The lowest BCUT2D eigenvalue weighted by molar-refractivity contribution is 1.09. The van der Waals surface area contributed by atoms with Crippen LogP contribution in [-0.2, 0) is 0 Å². The van der Waals surface area contributed by atoms with Crippen molar-refractivity contribution in [3.05, 3.63) is 16.0 Å². The molecular weight excluding hydrogens is 255 g/mol. The number of H-pyrrole nitrogens is 1. The molecule has 0 saturated heterocycles. The lowest BCUT2D eigenvalue weighted by Gasteiger charge is -1.90. The van der Waals surface area contributed by atoms with Gasteiger partial charge in [0.15, 0.2) is 5.82 Å². The lowest BCUT2D eigenvalue weighted by atomic mass is 10.3. The van der Waals surface area contributed by atoms with Crippen LogP contribution in [0.4, 0.5) is 5.82 Å². The number of rotatable bonds is 0. The molecule has 0 atom stereocenters. The van der Waals surface area contributed by atoms with Crippen LogP contribution >= 0.6 is 22.6 Å². The molecule has 0 saturated carbocycles. The third-order valence-electron chi connectivity index (χ3n) is 1.45. The fraction of sp³-hybridized carbons (Fsp3) is 0.